The molecule has 1 heterocycles. The summed E-state index contributed by atoms with van der Waals surface area (Å²) in [5.74, 6) is 1.56. The van der Waals surface area contributed by atoms with Gasteiger partial charge in [0.05, 0.1) is 18.4 Å². The highest BCUT2D eigenvalue weighted by Crippen LogP contribution is 2.23. The number of anilines is 1. The molecule has 0 unspecified atom stereocenters. The average Bonchev–Trinajstić information content (AvgIpc) is 3.24. The Bertz CT molecular complexity index is 1260. The summed E-state index contributed by atoms with van der Waals surface area (Å²) >= 11 is 0. The largest absolute Gasteiger partial charge is 0.497 e. The van der Waals surface area contributed by atoms with Crippen LogP contribution in [0.2, 0.25) is 0 Å². The van der Waals surface area contributed by atoms with Gasteiger partial charge in [-0.1, -0.05) is 35.0 Å². The zero-order valence-corrected chi connectivity index (χ0v) is 17.9. The van der Waals surface area contributed by atoms with E-state index in [9.17, 15) is 8.42 Å². The topological polar surface area (TPSA) is 94.3 Å². The van der Waals surface area contributed by atoms with E-state index < -0.39 is 10.0 Å². The van der Waals surface area contributed by atoms with Crippen molar-refractivity contribution in [2.75, 3.05) is 11.8 Å². The number of hydrogen-bond acceptors (Lipinski definition) is 6. The number of rotatable bonds is 7. The molecule has 0 saturated heterocycles. The molecule has 0 aliphatic carbocycles. The normalized spacial score (nSPS) is 11.3. The number of methoxy groups -OCH3 is 1. The molecule has 0 aliphatic heterocycles. The average molecular weight is 436 g/mol. The van der Waals surface area contributed by atoms with Gasteiger partial charge in [0.2, 0.25) is 11.7 Å². The lowest BCUT2D eigenvalue weighted by molar-refractivity contribution is 0.385. The number of nitrogens with one attached hydrogen (secondary N) is 1. The molecule has 158 valence electrons. The Morgan fingerprint density at radius 2 is 1.61 bits per heavy atom. The molecule has 4 rings (SSSR count). The Hall–Kier alpha value is -3.65. The molecule has 7 nitrogen and oxygen atoms in total. The van der Waals surface area contributed by atoms with Gasteiger partial charge in [0.15, 0.2) is 0 Å². The quantitative estimate of drug-likeness (QED) is 0.461. The maximum atomic E-state index is 12.6. The van der Waals surface area contributed by atoms with E-state index in [0.717, 1.165) is 11.1 Å². The second-order valence-electron chi connectivity index (χ2n) is 7.03. The molecule has 31 heavy (non-hydrogen) atoms. The number of hydrogen-bond donors (Lipinski definition) is 1. The molecule has 4 aromatic rings. The minimum atomic E-state index is -3.70. The smallest absolute Gasteiger partial charge is 0.261 e. The lowest BCUT2D eigenvalue weighted by Crippen LogP contribution is -2.12. The highest BCUT2D eigenvalue weighted by atomic mass is 32.2. The maximum Gasteiger partial charge on any atom is 0.261 e. The molecule has 0 saturated carbocycles. The number of nitrogens with zero attached hydrogens (tertiary/aromatic N) is 2. The van der Waals surface area contributed by atoms with E-state index in [4.69, 9.17) is 9.26 Å². The fourth-order valence-electron chi connectivity index (χ4n) is 2.98. The summed E-state index contributed by atoms with van der Waals surface area (Å²) in [6.45, 7) is 2.04. The van der Waals surface area contributed by atoms with E-state index in [-0.39, 0.29) is 4.90 Å². The van der Waals surface area contributed by atoms with Crippen molar-refractivity contribution in [2.24, 2.45) is 0 Å². The standard InChI is InChI=1S/C23H21N3O4S/c1-16-3-5-17(6-4-16)15-22-24-23(25-30-22)18-7-9-19(10-8-18)26-31(27,28)21-13-11-20(29-2)12-14-21/h3-14,26H,15H2,1-2H3. The van der Waals surface area contributed by atoms with Crippen LogP contribution in [0.5, 0.6) is 5.75 Å². The molecule has 8 heteroatoms. The van der Waals surface area contributed by atoms with Crippen molar-refractivity contribution in [1.29, 1.82) is 0 Å². The minimum Gasteiger partial charge on any atom is -0.497 e. The zero-order valence-electron chi connectivity index (χ0n) is 17.1. The fourth-order valence-corrected chi connectivity index (χ4v) is 4.04. The van der Waals surface area contributed by atoms with Crippen molar-refractivity contribution in [3.63, 3.8) is 0 Å². The van der Waals surface area contributed by atoms with Gasteiger partial charge in [0, 0.05) is 11.3 Å². The molecule has 0 atom stereocenters. The number of aryl methyl sites for hydroxylation is 1. The van der Waals surface area contributed by atoms with Crippen LogP contribution in [0.1, 0.15) is 17.0 Å². The van der Waals surface area contributed by atoms with Crippen molar-refractivity contribution in [2.45, 2.75) is 18.2 Å². The lowest BCUT2D eigenvalue weighted by atomic mass is 10.1. The summed E-state index contributed by atoms with van der Waals surface area (Å²) in [7, 11) is -2.18. The molecule has 0 aliphatic rings. The molecular formula is C23H21N3O4S. The van der Waals surface area contributed by atoms with E-state index in [2.05, 4.69) is 14.9 Å². The molecule has 0 amide bonds. The van der Waals surface area contributed by atoms with Crippen LogP contribution in [0.4, 0.5) is 5.69 Å². The highest BCUT2D eigenvalue weighted by molar-refractivity contribution is 7.92. The minimum absolute atomic E-state index is 0.149. The Labute approximate surface area is 180 Å². The van der Waals surface area contributed by atoms with Gasteiger partial charge in [-0.3, -0.25) is 4.72 Å². The molecule has 1 aromatic heterocycles. The van der Waals surface area contributed by atoms with Crippen molar-refractivity contribution in [3.8, 4) is 17.1 Å². The monoisotopic (exact) mass is 435 g/mol. The van der Waals surface area contributed by atoms with E-state index >= 15 is 0 Å². The number of sulfonamides is 1. The van der Waals surface area contributed by atoms with E-state index in [1.165, 1.54) is 24.8 Å². The molecule has 0 spiro atoms. The summed E-state index contributed by atoms with van der Waals surface area (Å²) in [6, 6.07) is 21.1. The molecular weight excluding hydrogens is 414 g/mol. The summed E-state index contributed by atoms with van der Waals surface area (Å²) in [6.07, 6.45) is 0.549. The molecule has 0 fully saturated rings. The Morgan fingerprint density at radius 3 is 2.26 bits per heavy atom. The van der Waals surface area contributed by atoms with Crippen LogP contribution in [0.15, 0.2) is 82.2 Å². The van der Waals surface area contributed by atoms with Crippen LogP contribution in [0.3, 0.4) is 0 Å². The fraction of sp³-hybridized carbons (Fsp3) is 0.130. The van der Waals surface area contributed by atoms with Crippen LogP contribution in [0, 0.1) is 6.92 Å². The van der Waals surface area contributed by atoms with Crippen LogP contribution < -0.4 is 9.46 Å². The second-order valence-corrected chi connectivity index (χ2v) is 8.71. The Balaban J connectivity index is 1.45. The SMILES string of the molecule is COc1ccc(S(=O)(=O)Nc2ccc(-c3noc(Cc4ccc(C)cc4)n3)cc2)cc1. The zero-order chi connectivity index (χ0) is 21.8. The summed E-state index contributed by atoms with van der Waals surface area (Å²) < 4.78 is 38.1. The maximum absolute atomic E-state index is 12.6. The summed E-state index contributed by atoms with van der Waals surface area (Å²) in [5, 5.41) is 4.03. The van der Waals surface area contributed by atoms with Gasteiger partial charge < -0.3 is 9.26 Å². The van der Waals surface area contributed by atoms with Gasteiger partial charge >= 0.3 is 0 Å². The molecule has 0 radical (unpaired) electrons. The van der Waals surface area contributed by atoms with Crippen molar-refractivity contribution in [3.05, 3.63) is 89.8 Å². The van der Waals surface area contributed by atoms with E-state index in [1.807, 2.05) is 31.2 Å². The summed E-state index contributed by atoms with van der Waals surface area (Å²) in [5.41, 5.74) is 3.44. The van der Waals surface area contributed by atoms with Gasteiger partial charge in [-0.15, -0.1) is 0 Å². The Kier molecular flexibility index (Phi) is 5.73. The number of benzene rings is 3. The highest BCUT2D eigenvalue weighted by Gasteiger charge is 2.15. The third-order valence-electron chi connectivity index (χ3n) is 4.71. The molecule has 0 bridgehead atoms. The van der Waals surface area contributed by atoms with Crippen molar-refractivity contribution in [1.82, 2.24) is 10.1 Å². The third kappa shape index (κ3) is 4.92. The number of aromatic nitrogens is 2. The van der Waals surface area contributed by atoms with Gasteiger partial charge in [0.1, 0.15) is 5.75 Å². The van der Waals surface area contributed by atoms with Gasteiger partial charge in [-0.05, 0) is 61.0 Å². The Morgan fingerprint density at radius 1 is 0.935 bits per heavy atom. The van der Waals surface area contributed by atoms with Gasteiger partial charge in [-0.25, -0.2) is 8.42 Å². The van der Waals surface area contributed by atoms with Gasteiger partial charge in [0.25, 0.3) is 10.0 Å². The first-order valence-electron chi connectivity index (χ1n) is 9.58. The first-order valence-corrected chi connectivity index (χ1v) is 11.1. The third-order valence-corrected chi connectivity index (χ3v) is 6.11. The molecule has 1 N–H and O–H groups in total. The van der Waals surface area contributed by atoms with Crippen LogP contribution >= 0.6 is 0 Å². The van der Waals surface area contributed by atoms with Crippen LogP contribution in [-0.4, -0.2) is 25.7 Å². The van der Waals surface area contributed by atoms with E-state index in [0.29, 0.717) is 29.6 Å². The first-order chi connectivity index (χ1) is 14.9. The lowest BCUT2D eigenvalue weighted by Gasteiger charge is -2.09. The van der Waals surface area contributed by atoms with E-state index in [1.54, 1.807) is 36.4 Å². The van der Waals surface area contributed by atoms with Gasteiger partial charge in [-0.2, -0.15) is 4.98 Å². The van der Waals surface area contributed by atoms with Crippen LogP contribution in [0.25, 0.3) is 11.4 Å². The molecule has 3 aromatic carbocycles. The number of ether oxygens (including phenoxy) is 1. The second kappa shape index (κ2) is 8.61. The first kappa shape index (κ1) is 20.6. The predicted molar refractivity (Wildman–Crippen MR) is 118 cm³/mol. The summed E-state index contributed by atoms with van der Waals surface area (Å²) in [4.78, 5) is 4.59. The predicted octanol–water partition coefficient (Wildman–Crippen LogP) is 4.45. The van der Waals surface area contributed by atoms with Crippen LogP contribution in [-0.2, 0) is 16.4 Å². The van der Waals surface area contributed by atoms with Crippen molar-refractivity contribution >= 4 is 15.7 Å². The van der Waals surface area contributed by atoms with Crippen molar-refractivity contribution < 1.29 is 17.7 Å².